The minimum atomic E-state index is -4.42. The lowest BCUT2D eigenvalue weighted by atomic mass is 10.1. The van der Waals surface area contributed by atoms with E-state index in [1.165, 1.54) is 35.5 Å². The third-order valence-electron chi connectivity index (χ3n) is 5.31. The second-order valence-electron chi connectivity index (χ2n) is 7.37. The number of fused-ring (bicyclic) bond motifs is 4. The molecule has 9 nitrogen and oxygen atoms in total. The van der Waals surface area contributed by atoms with E-state index in [0.717, 1.165) is 4.68 Å². The number of esters is 1. The lowest BCUT2D eigenvalue weighted by molar-refractivity contribution is -0.173. The fourth-order valence-corrected chi connectivity index (χ4v) is 4.90. The zero-order chi connectivity index (χ0) is 22.1. The van der Waals surface area contributed by atoms with Crippen molar-refractivity contribution in [3.05, 3.63) is 23.0 Å². The molecule has 0 spiro atoms. The fraction of sp³-hybridized carbons (Fsp3) is 0.389. The van der Waals surface area contributed by atoms with Crippen LogP contribution >= 0.6 is 11.3 Å². The van der Waals surface area contributed by atoms with Gasteiger partial charge in [0.1, 0.15) is 21.9 Å². The Bertz CT molecular complexity index is 1340. The maximum absolute atomic E-state index is 13.5. The van der Waals surface area contributed by atoms with Gasteiger partial charge in [0.05, 0.1) is 24.3 Å². The molecule has 13 heteroatoms. The van der Waals surface area contributed by atoms with E-state index in [1.54, 1.807) is 13.8 Å². The molecule has 0 saturated carbocycles. The average molecular weight is 451 g/mol. The minimum absolute atomic E-state index is 0.120. The van der Waals surface area contributed by atoms with E-state index in [4.69, 9.17) is 4.74 Å². The SMILES string of the molecule is COC(=O)c1sc2ncn3nc(-c4cnn5c4N[C@H](C)C[C@@H]5C(F)(F)F)nc3c2c1C. The predicted octanol–water partition coefficient (Wildman–Crippen LogP) is 3.61. The molecule has 0 radical (unpaired) electrons. The van der Waals surface area contributed by atoms with Crippen molar-refractivity contribution >= 4 is 39.0 Å². The van der Waals surface area contributed by atoms with E-state index in [9.17, 15) is 18.0 Å². The lowest BCUT2D eigenvalue weighted by Crippen LogP contribution is -2.38. The molecule has 2 atom stereocenters. The number of nitrogens with zero attached hydrogens (tertiary/aromatic N) is 6. The normalized spacial score (nSPS) is 18.9. The molecule has 4 aromatic rings. The molecule has 0 saturated heterocycles. The Balaban J connectivity index is 1.68. The monoisotopic (exact) mass is 451 g/mol. The number of hydrogen-bond acceptors (Lipinski definition) is 8. The maximum atomic E-state index is 13.5. The summed E-state index contributed by atoms with van der Waals surface area (Å²) in [6, 6.07) is -2.12. The smallest absolute Gasteiger partial charge is 0.410 e. The number of aromatic nitrogens is 6. The van der Waals surface area contributed by atoms with E-state index in [-0.39, 0.29) is 18.1 Å². The number of hydrogen-bond donors (Lipinski definition) is 1. The van der Waals surface area contributed by atoms with Gasteiger partial charge in [-0.15, -0.1) is 16.4 Å². The summed E-state index contributed by atoms with van der Waals surface area (Å²) in [5, 5.41) is 12.1. The molecule has 1 aliphatic heterocycles. The van der Waals surface area contributed by atoms with E-state index < -0.39 is 24.2 Å². The number of alkyl halides is 3. The van der Waals surface area contributed by atoms with Crippen LogP contribution in [0.5, 0.6) is 0 Å². The number of rotatable bonds is 2. The van der Waals surface area contributed by atoms with Gasteiger partial charge >= 0.3 is 12.1 Å². The van der Waals surface area contributed by atoms with Crippen molar-refractivity contribution in [2.24, 2.45) is 0 Å². The Morgan fingerprint density at radius 2 is 2.16 bits per heavy atom. The highest BCUT2D eigenvalue weighted by molar-refractivity contribution is 7.20. The molecule has 31 heavy (non-hydrogen) atoms. The number of ether oxygens (including phenoxy) is 1. The van der Waals surface area contributed by atoms with E-state index in [1.807, 2.05) is 0 Å². The largest absolute Gasteiger partial charge is 0.465 e. The summed E-state index contributed by atoms with van der Waals surface area (Å²) in [4.78, 5) is 21.9. The Morgan fingerprint density at radius 1 is 1.39 bits per heavy atom. The number of thiophene rings is 1. The van der Waals surface area contributed by atoms with Crippen molar-refractivity contribution in [2.45, 2.75) is 38.5 Å². The molecule has 1 N–H and O–H groups in total. The van der Waals surface area contributed by atoms with E-state index >= 15 is 0 Å². The quantitative estimate of drug-likeness (QED) is 0.465. The zero-order valence-electron chi connectivity index (χ0n) is 16.6. The first kappa shape index (κ1) is 19.7. The topological polar surface area (TPSA) is 99.2 Å². The number of nitrogens with one attached hydrogen (secondary N) is 1. The Morgan fingerprint density at radius 3 is 2.87 bits per heavy atom. The second kappa shape index (κ2) is 6.64. The van der Waals surface area contributed by atoms with Crippen molar-refractivity contribution in [3.8, 4) is 11.4 Å². The number of halogens is 3. The third-order valence-corrected chi connectivity index (χ3v) is 6.49. The van der Waals surface area contributed by atoms with Crippen LogP contribution < -0.4 is 5.32 Å². The first-order chi connectivity index (χ1) is 14.7. The van der Waals surface area contributed by atoms with Crippen molar-refractivity contribution in [2.75, 3.05) is 12.4 Å². The van der Waals surface area contributed by atoms with Crippen LogP contribution in [-0.2, 0) is 4.74 Å². The molecule has 0 fully saturated rings. The highest BCUT2D eigenvalue weighted by Gasteiger charge is 2.46. The molecule has 1 aliphatic rings. The number of carbonyl (C=O) groups excluding carboxylic acids is 1. The van der Waals surface area contributed by atoms with E-state index in [0.29, 0.717) is 31.9 Å². The van der Waals surface area contributed by atoms with Crippen molar-refractivity contribution in [1.82, 2.24) is 29.4 Å². The Labute approximate surface area is 176 Å². The fourth-order valence-electron chi connectivity index (χ4n) is 3.84. The highest BCUT2D eigenvalue weighted by Crippen LogP contribution is 2.42. The van der Waals surface area contributed by atoms with Crippen LogP contribution in [0, 0.1) is 6.92 Å². The summed E-state index contributed by atoms with van der Waals surface area (Å²) in [6.45, 7) is 3.45. The van der Waals surface area contributed by atoms with Crippen LogP contribution in [0.4, 0.5) is 19.0 Å². The maximum Gasteiger partial charge on any atom is 0.410 e. The predicted molar refractivity (Wildman–Crippen MR) is 106 cm³/mol. The molecule has 4 aromatic heterocycles. The van der Waals surface area contributed by atoms with Crippen molar-refractivity contribution in [1.29, 1.82) is 0 Å². The molecule has 0 bridgehead atoms. The summed E-state index contributed by atoms with van der Waals surface area (Å²) in [7, 11) is 1.30. The first-order valence-electron chi connectivity index (χ1n) is 9.33. The number of aryl methyl sites for hydroxylation is 1. The molecule has 0 unspecified atom stereocenters. The molecule has 0 amide bonds. The Hall–Kier alpha value is -3.22. The molecule has 5 heterocycles. The summed E-state index contributed by atoms with van der Waals surface area (Å²) in [5.74, 6) is -0.0396. The molecule has 5 rings (SSSR count). The summed E-state index contributed by atoms with van der Waals surface area (Å²) in [5.41, 5.74) is 1.46. The molecular formula is C18H16F3N7O2S. The van der Waals surface area contributed by atoms with Crippen LogP contribution in [-0.4, -0.2) is 54.7 Å². The molecule has 162 valence electrons. The van der Waals surface area contributed by atoms with Gasteiger partial charge in [0.2, 0.25) is 0 Å². The van der Waals surface area contributed by atoms with Gasteiger partial charge in [-0.1, -0.05) is 0 Å². The standard InChI is InChI=1S/C18H16F3N7O2S/c1-7-4-10(18(19,20)21)28-14(24-7)9(5-23-28)13-25-15-11-8(2)12(17(29)30-3)31-16(11)22-6-27(15)26-13/h5-7,10,24H,4H2,1-3H3/t7-,10-/m1/s1. The van der Waals surface area contributed by atoms with Gasteiger partial charge in [0.25, 0.3) is 0 Å². The van der Waals surface area contributed by atoms with Gasteiger partial charge in [-0.05, 0) is 25.8 Å². The summed E-state index contributed by atoms with van der Waals surface area (Å²) in [6.07, 6.45) is -1.76. The molecular weight excluding hydrogens is 435 g/mol. The van der Waals surface area contributed by atoms with Crippen LogP contribution in [0.3, 0.4) is 0 Å². The Kier molecular flexibility index (Phi) is 4.22. The van der Waals surface area contributed by atoms with Crippen LogP contribution in [0.15, 0.2) is 12.5 Å². The van der Waals surface area contributed by atoms with Crippen molar-refractivity contribution < 1.29 is 22.7 Å². The van der Waals surface area contributed by atoms with Gasteiger partial charge in [0.15, 0.2) is 17.5 Å². The van der Waals surface area contributed by atoms with Crippen LogP contribution in [0.2, 0.25) is 0 Å². The van der Waals surface area contributed by atoms with Gasteiger partial charge in [-0.3, -0.25) is 0 Å². The zero-order valence-corrected chi connectivity index (χ0v) is 17.4. The van der Waals surface area contributed by atoms with Gasteiger partial charge in [-0.2, -0.15) is 18.3 Å². The average Bonchev–Trinajstić information content (AvgIpc) is 3.40. The lowest BCUT2D eigenvalue weighted by Gasteiger charge is -2.31. The summed E-state index contributed by atoms with van der Waals surface area (Å²) < 4.78 is 47.8. The highest BCUT2D eigenvalue weighted by atomic mass is 32.1. The van der Waals surface area contributed by atoms with Gasteiger partial charge in [-0.25, -0.2) is 24.0 Å². The molecule has 0 aromatic carbocycles. The first-order valence-corrected chi connectivity index (χ1v) is 10.1. The van der Waals surface area contributed by atoms with Crippen LogP contribution in [0.25, 0.3) is 27.3 Å². The van der Waals surface area contributed by atoms with Crippen LogP contribution in [0.1, 0.15) is 34.6 Å². The van der Waals surface area contributed by atoms with Gasteiger partial charge < -0.3 is 10.1 Å². The second-order valence-corrected chi connectivity index (χ2v) is 8.37. The van der Waals surface area contributed by atoms with Gasteiger partial charge in [0, 0.05) is 6.04 Å². The third kappa shape index (κ3) is 2.94. The number of anilines is 1. The number of carbonyl (C=O) groups is 1. The number of methoxy groups -OCH3 is 1. The minimum Gasteiger partial charge on any atom is -0.465 e. The van der Waals surface area contributed by atoms with E-state index in [2.05, 4.69) is 25.5 Å². The molecule has 0 aliphatic carbocycles. The summed E-state index contributed by atoms with van der Waals surface area (Å²) >= 11 is 1.18. The van der Waals surface area contributed by atoms with Crippen molar-refractivity contribution in [3.63, 3.8) is 0 Å².